The van der Waals surface area contributed by atoms with E-state index in [1.54, 1.807) is 11.9 Å². The molecular formula is C41H53FN2O8. The zero-order chi connectivity index (χ0) is 38.0. The van der Waals surface area contributed by atoms with Gasteiger partial charge in [-0.1, -0.05) is 75.1 Å². The molecule has 0 aliphatic heterocycles. The number of unbranched alkanes of at least 4 members (excludes halogenated alkanes) is 1. The van der Waals surface area contributed by atoms with Crippen LogP contribution in [0.1, 0.15) is 90.9 Å². The van der Waals surface area contributed by atoms with Crippen molar-refractivity contribution in [1.82, 2.24) is 5.32 Å². The van der Waals surface area contributed by atoms with Gasteiger partial charge in [0.05, 0.1) is 24.8 Å². The van der Waals surface area contributed by atoms with Crippen LogP contribution in [0.5, 0.6) is 0 Å². The van der Waals surface area contributed by atoms with E-state index in [2.05, 4.69) is 48.3 Å². The lowest BCUT2D eigenvalue weighted by Crippen LogP contribution is -2.48. The Kier molecular flexibility index (Phi) is 17.9. The summed E-state index contributed by atoms with van der Waals surface area (Å²) in [6, 6.07) is 19.9. The molecule has 4 rings (SSSR count). The van der Waals surface area contributed by atoms with E-state index in [9.17, 15) is 24.2 Å². The minimum atomic E-state index is -1.55. The molecule has 10 nitrogen and oxygen atoms in total. The SMILES string of the molecule is CCCCc1ccc(C#Cc2ccc(CN(C(=O)CCC3CCCC3)c3ccc(C(=O)O)c(F)c3)cc2)cc1.CNC[C@H](O)[C@@H](O)[C@H](O)[C@H](O)CO. The van der Waals surface area contributed by atoms with Gasteiger partial charge in [-0.05, 0) is 85.8 Å². The predicted octanol–water partition coefficient (Wildman–Crippen LogP) is 4.41. The Hall–Kier alpha value is -4.15. The molecule has 1 aliphatic carbocycles. The lowest BCUT2D eigenvalue weighted by Gasteiger charge is -2.25. The van der Waals surface area contributed by atoms with E-state index >= 15 is 0 Å². The summed E-state index contributed by atoms with van der Waals surface area (Å²) in [5.41, 5.74) is 4.00. The second kappa shape index (κ2) is 22.0. The number of carbonyl (C=O) groups excluding carboxylic acids is 1. The van der Waals surface area contributed by atoms with Crippen LogP contribution in [0.4, 0.5) is 10.1 Å². The average Bonchev–Trinajstić information content (AvgIpc) is 3.68. The summed E-state index contributed by atoms with van der Waals surface area (Å²) in [5, 5.41) is 56.7. The van der Waals surface area contributed by atoms with Crippen molar-refractivity contribution in [3.8, 4) is 11.8 Å². The largest absolute Gasteiger partial charge is 0.478 e. The van der Waals surface area contributed by atoms with E-state index in [1.807, 2.05) is 24.3 Å². The molecule has 4 atom stereocenters. The number of benzene rings is 3. The molecule has 1 aliphatic rings. The van der Waals surface area contributed by atoms with E-state index in [4.69, 9.17) is 20.4 Å². The van der Waals surface area contributed by atoms with Gasteiger partial charge in [0.25, 0.3) is 0 Å². The fraction of sp³-hybridized carbons (Fsp3) is 0.463. The van der Waals surface area contributed by atoms with Gasteiger partial charge < -0.3 is 40.9 Å². The number of nitrogens with zero attached hydrogens (tertiary/aromatic N) is 1. The summed E-state index contributed by atoms with van der Waals surface area (Å²) in [6.07, 6.45) is 3.73. The Balaban J connectivity index is 0.000000478. The third-order valence-electron chi connectivity index (χ3n) is 9.19. The van der Waals surface area contributed by atoms with Crippen molar-refractivity contribution < 1.29 is 44.6 Å². The van der Waals surface area contributed by atoms with Crippen molar-refractivity contribution in [1.29, 1.82) is 0 Å². The van der Waals surface area contributed by atoms with Crippen LogP contribution >= 0.6 is 0 Å². The highest BCUT2D eigenvalue weighted by Crippen LogP contribution is 2.30. The summed E-state index contributed by atoms with van der Waals surface area (Å²) in [4.78, 5) is 26.1. The lowest BCUT2D eigenvalue weighted by molar-refractivity contribution is -0.119. The molecule has 1 saturated carbocycles. The maximum atomic E-state index is 14.5. The van der Waals surface area contributed by atoms with Crippen molar-refractivity contribution in [2.45, 2.75) is 95.7 Å². The number of rotatable bonds is 16. The van der Waals surface area contributed by atoms with Gasteiger partial charge in [-0.3, -0.25) is 4.79 Å². The molecule has 1 amide bonds. The maximum Gasteiger partial charge on any atom is 0.338 e. The number of halogens is 1. The Morgan fingerprint density at radius 3 is 1.98 bits per heavy atom. The number of aryl methyl sites for hydroxylation is 1. The van der Waals surface area contributed by atoms with Crippen LogP contribution in [-0.2, 0) is 17.8 Å². The molecule has 0 bridgehead atoms. The molecule has 0 radical (unpaired) electrons. The van der Waals surface area contributed by atoms with Gasteiger partial charge in [0, 0.05) is 29.8 Å². The molecule has 0 saturated heterocycles. The average molecular weight is 721 g/mol. The van der Waals surface area contributed by atoms with Crippen molar-refractivity contribution >= 4 is 17.6 Å². The minimum absolute atomic E-state index is 0.0874. The van der Waals surface area contributed by atoms with Gasteiger partial charge >= 0.3 is 5.97 Å². The quantitative estimate of drug-likeness (QED) is 0.106. The number of amides is 1. The van der Waals surface area contributed by atoms with Crippen LogP contribution in [0, 0.1) is 23.6 Å². The predicted molar refractivity (Wildman–Crippen MR) is 198 cm³/mol. The first-order chi connectivity index (χ1) is 25.0. The summed E-state index contributed by atoms with van der Waals surface area (Å²) in [6.45, 7) is 1.89. The van der Waals surface area contributed by atoms with Crippen LogP contribution in [-0.4, -0.2) is 87.1 Å². The highest BCUT2D eigenvalue weighted by molar-refractivity contribution is 5.94. The zero-order valence-corrected chi connectivity index (χ0v) is 30.0. The van der Waals surface area contributed by atoms with E-state index in [0.717, 1.165) is 48.4 Å². The highest BCUT2D eigenvalue weighted by Gasteiger charge is 2.29. The first-order valence-corrected chi connectivity index (χ1v) is 18.0. The first-order valence-electron chi connectivity index (χ1n) is 18.0. The highest BCUT2D eigenvalue weighted by atomic mass is 19.1. The number of carboxylic acids is 1. The van der Waals surface area contributed by atoms with Gasteiger partial charge in [-0.25, -0.2) is 9.18 Å². The van der Waals surface area contributed by atoms with Gasteiger partial charge in [0.15, 0.2) is 0 Å². The number of hydrogen-bond acceptors (Lipinski definition) is 8. The smallest absolute Gasteiger partial charge is 0.338 e. The van der Waals surface area contributed by atoms with Crippen molar-refractivity contribution in [3.63, 3.8) is 0 Å². The molecule has 7 N–H and O–H groups in total. The normalized spacial score (nSPS) is 15.0. The van der Waals surface area contributed by atoms with Crippen molar-refractivity contribution in [3.05, 3.63) is 100 Å². The molecule has 0 aromatic heterocycles. The van der Waals surface area contributed by atoms with E-state index in [1.165, 1.54) is 43.4 Å². The number of hydrogen-bond donors (Lipinski definition) is 7. The number of aromatic carboxylic acids is 1. The summed E-state index contributed by atoms with van der Waals surface area (Å²) in [5.74, 6) is 4.70. The number of carboxylic acid groups (broad SMARTS) is 1. The number of nitrogens with one attached hydrogen (secondary N) is 1. The molecule has 282 valence electrons. The Labute approximate surface area is 306 Å². The fourth-order valence-corrected chi connectivity index (χ4v) is 5.98. The molecule has 0 heterocycles. The first kappa shape index (κ1) is 42.3. The van der Waals surface area contributed by atoms with Crippen LogP contribution < -0.4 is 10.2 Å². The van der Waals surface area contributed by atoms with Gasteiger partial charge in [0.1, 0.15) is 24.1 Å². The number of aliphatic hydroxyl groups is 5. The lowest BCUT2D eigenvalue weighted by atomic mass is 10.0. The molecule has 3 aromatic rings. The number of aliphatic hydroxyl groups excluding tert-OH is 5. The minimum Gasteiger partial charge on any atom is -0.478 e. The van der Waals surface area contributed by atoms with Crippen LogP contribution in [0.25, 0.3) is 0 Å². The molecule has 3 aromatic carbocycles. The fourth-order valence-electron chi connectivity index (χ4n) is 5.98. The second-order valence-electron chi connectivity index (χ2n) is 13.2. The molecular weight excluding hydrogens is 667 g/mol. The number of anilines is 1. The zero-order valence-electron chi connectivity index (χ0n) is 30.0. The third kappa shape index (κ3) is 13.4. The van der Waals surface area contributed by atoms with Crippen LogP contribution in [0.15, 0.2) is 66.7 Å². The van der Waals surface area contributed by atoms with Gasteiger partial charge in [0.2, 0.25) is 5.91 Å². The Bertz CT molecular complexity index is 1600. The van der Waals surface area contributed by atoms with Crippen LogP contribution in [0.3, 0.4) is 0 Å². The molecule has 0 unspecified atom stereocenters. The topological polar surface area (TPSA) is 171 Å². The number of likely N-dealkylation sites (N-methyl/N-ethyl adjacent to an activating group) is 1. The van der Waals surface area contributed by atoms with Gasteiger partial charge in [-0.15, -0.1) is 0 Å². The summed E-state index contributed by atoms with van der Waals surface area (Å²) in [7, 11) is 1.57. The summed E-state index contributed by atoms with van der Waals surface area (Å²) >= 11 is 0. The summed E-state index contributed by atoms with van der Waals surface area (Å²) < 4.78 is 14.5. The molecule has 11 heteroatoms. The molecule has 1 fully saturated rings. The van der Waals surface area contributed by atoms with Crippen LogP contribution in [0.2, 0.25) is 0 Å². The van der Waals surface area contributed by atoms with E-state index in [0.29, 0.717) is 18.0 Å². The van der Waals surface area contributed by atoms with Crippen molar-refractivity contribution in [2.75, 3.05) is 25.1 Å². The standard InChI is InChI=1S/C34H36FNO3.C7H17NO5/c1-2-3-6-26-9-11-27(12-10-26)13-14-28-15-17-29(18-16-28)24-36(33(37)22-19-25-7-4-5-8-25)30-20-21-31(34(38)39)32(35)23-30;1-8-2-4(10)6(12)7(13)5(11)3-9/h9-12,15-18,20-21,23,25H,2-8,19,22,24H2,1H3,(H,38,39);4-13H,2-3H2,1H3/t;4-,5+,6+,7+/m.0/s1. The third-order valence-corrected chi connectivity index (χ3v) is 9.19. The number of carbonyl (C=O) groups is 2. The Morgan fingerprint density at radius 2 is 1.46 bits per heavy atom. The second-order valence-corrected chi connectivity index (χ2v) is 13.2. The monoisotopic (exact) mass is 720 g/mol. The maximum absolute atomic E-state index is 14.5. The van der Waals surface area contributed by atoms with E-state index in [-0.39, 0.29) is 19.0 Å². The molecule has 52 heavy (non-hydrogen) atoms. The molecule has 0 spiro atoms. The van der Waals surface area contributed by atoms with Crippen molar-refractivity contribution in [2.24, 2.45) is 5.92 Å². The Morgan fingerprint density at radius 1 is 0.885 bits per heavy atom. The van der Waals surface area contributed by atoms with Gasteiger partial charge in [-0.2, -0.15) is 0 Å². The van der Waals surface area contributed by atoms with E-state index < -0.39 is 48.4 Å².